The summed E-state index contributed by atoms with van der Waals surface area (Å²) in [5.74, 6) is 0. The van der Waals surface area contributed by atoms with Gasteiger partial charge in [0, 0.05) is 52.8 Å². The van der Waals surface area contributed by atoms with Gasteiger partial charge in [0.15, 0.2) is 0 Å². The van der Waals surface area contributed by atoms with Gasteiger partial charge < -0.3 is 9.13 Å². The maximum atomic E-state index is 2.56. The van der Waals surface area contributed by atoms with Crippen LogP contribution in [-0.4, -0.2) is 9.13 Å². The summed E-state index contributed by atoms with van der Waals surface area (Å²) in [4.78, 5) is 0. The van der Waals surface area contributed by atoms with Gasteiger partial charge in [0.2, 0.25) is 0 Å². The fraction of sp³-hybridized carbons (Fsp3) is 0. The van der Waals surface area contributed by atoms with E-state index in [1.807, 2.05) is 11.3 Å². The molecule has 0 aliphatic carbocycles. The van der Waals surface area contributed by atoms with Crippen LogP contribution in [0, 0.1) is 0 Å². The third-order valence-corrected chi connectivity index (χ3v) is 12.6. The maximum Gasteiger partial charge on any atom is 0.0625 e. The molecule has 0 bridgehead atoms. The lowest BCUT2D eigenvalue weighted by molar-refractivity contribution is 1.18. The molecule has 55 heavy (non-hydrogen) atoms. The van der Waals surface area contributed by atoms with Gasteiger partial charge in [-0.15, -0.1) is 11.3 Å². The molecule has 12 rings (SSSR count). The smallest absolute Gasteiger partial charge is 0.0625 e. The van der Waals surface area contributed by atoms with E-state index >= 15 is 0 Å². The minimum Gasteiger partial charge on any atom is -0.309 e. The lowest BCUT2D eigenvalue weighted by Gasteiger charge is -2.13. The quantitative estimate of drug-likeness (QED) is 0.172. The minimum absolute atomic E-state index is 1.17. The van der Waals surface area contributed by atoms with Crippen LogP contribution < -0.4 is 0 Å². The van der Waals surface area contributed by atoms with E-state index in [0.717, 1.165) is 0 Å². The first-order chi connectivity index (χ1) is 27.3. The van der Waals surface area contributed by atoms with Gasteiger partial charge >= 0.3 is 0 Å². The molecule has 0 N–H and O–H groups in total. The maximum absolute atomic E-state index is 2.56. The Kier molecular flexibility index (Phi) is 6.54. The van der Waals surface area contributed by atoms with Gasteiger partial charge in [-0.1, -0.05) is 127 Å². The second-order valence-electron chi connectivity index (χ2n) is 14.5. The third kappa shape index (κ3) is 4.48. The number of thiophene rings is 1. The van der Waals surface area contributed by atoms with Crippen molar-refractivity contribution in [2.75, 3.05) is 0 Å². The van der Waals surface area contributed by atoms with Gasteiger partial charge in [-0.25, -0.2) is 0 Å². The van der Waals surface area contributed by atoms with E-state index in [0.29, 0.717) is 0 Å². The first kappa shape index (κ1) is 30.5. The average Bonchev–Trinajstić information content (AvgIpc) is 3.92. The van der Waals surface area contributed by atoms with Crippen molar-refractivity contribution in [1.82, 2.24) is 9.13 Å². The number of fused-ring (bicyclic) bond motifs is 11. The Balaban J connectivity index is 1.19. The molecule has 3 aromatic heterocycles. The summed E-state index contributed by atoms with van der Waals surface area (Å²) in [6.45, 7) is 0. The van der Waals surface area contributed by atoms with Crippen molar-refractivity contribution in [3.05, 3.63) is 194 Å². The Morgan fingerprint density at radius 1 is 0.345 bits per heavy atom. The summed E-state index contributed by atoms with van der Waals surface area (Å²) in [6.07, 6.45) is 0. The molecule has 0 saturated carbocycles. The zero-order valence-corrected chi connectivity index (χ0v) is 30.6. The molecule has 3 heterocycles. The molecule has 256 valence electrons. The number of rotatable bonds is 4. The SMILES string of the molecule is c1ccc(-c2cc3ccccc3c3c2c2cc(-c4ccc5c(c4)c4ccccc4n5-c4ccccc4)ccc2n3-c2cccc3sc4ccccc4c23)cc1. The van der Waals surface area contributed by atoms with Gasteiger partial charge in [0.25, 0.3) is 0 Å². The Bertz CT molecular complexity index is 3470. The van der Waals surface area contributed by atoms with Crippen LogP contribution in [0.1, 0.15) is 0 Å². The van der Waals surface area contributed by atoms with E-state index in [4.69, 9.17) is 0 Å². The van der Waals surface area contributed by atoms with E-state index in [-0.39, 0.29) is 0 Å². The number of para-hydroxylation sites is 2. The van der Waals surface area contributed by atoms with Crippen molar-refractivity contribution in [3.8, 4) is 33.6 Å². The van der Waals surface area contributed by atoms with Crippen molar-refractivity contribution >= 4 is 85.9 Å². The van der Waals surface area contributed by atoms with Crippen molar-refractivity contribution in [2.24, 2.45) is 0 Å². The number of nitrogens with zero attached hydrogens (tertiary/aromatic N) is 2. The first-order valence-corrected chi connectivity index (χ1v) is 19.7. The van der Waals surface area contributed by atoms with Gasteiger partial charge in [-0.2, -0.15) is 0 Å². The molecule has 0 aliphatic heterocycles. The molecular weight excluding hydrogens is 685 g/mol. The van der Waals surface area contributed by atoms with E-state index in [1.165, 1.54) is 108 Å². The van der Waals surface area contributed by atoms with Crippen molar-refractivity contribution in [2.45, 2.75) is 0 Å². The third-order valence-electron chi connectivity index (χ3n) is 11.5. The summed E-state index contributed by atoms with van der Waals surface area (Å²) in [6, 6.07) is 71.5. The van der Waals surface area contributed by atoms with Crippen molar-refractivity contribution in [3.63, 3.8) is 0 Å². The van der Waals surface area contributed by atoms with Crippen molar-refractivity contribution in [1.29, 1.82) is 0 Å². The standard InChI is InChI=1S/C52H32N2S/c1-3-14-33(15-4-1)41-32-36-16-7-8-19-38(36)52-50(41)43-31-35(27-29-46(43)54(52)47-23-13-25-49-51(47)40-21-10-12-24-48(40)55-49)34-26-28-45-42(30-34)39-20-9-11-22-44(39)53(45)37-17-5-2-6-18-37/h1-32H. The fourth-order valence-corrected chi connectivity index (χ4v) is 10.2. The normalized spacial score (nSPS) is 12.0. The van der Waals surface area contributed by atoms with Crippen LogP contribution in [0.5, 0.6) is 0 Å². The highest BCUT2D eigenvalue weighted by molar-refractivity contribution is 7.25. The molecule has 0 atom stereocenters. The van der Waals surface area contributed by atoms with Crippen LogP contribution in [0.4, 0.5) is 0 Å². The lowest BCUT2D eigenvalue weighted by Crippen LogP contribution is -1.96. The molecule has 0 radical (unpaired) electrons. The highest BCUT2D eigenvalue weighted by atomic mass is 32.1. The lowest BCUT2D eigenvalue weighted by atomic mass is 9.94. The minimum atomic E-state index is 1.17. The predicted molar refractivity (Wildman–Crippen MR) is 236 cm³/mol. The van der Waals surface area contributed by atoms with Crippen LogP contribution in [0.25, 0.3) is 108 Å². The molecule has 2 nitrogen and oxygen atoms in total. The molecule has 3 heteroatoms. The highest BCUT2D eigenvalue weighted by Gasteiger charge is 2.22. The van der Waals surface area contributed by atoms with E-state index in [1.54, 1.807) is 0 Å². The number of hydrogen-bond donors (Lipinski definition) is 0. The van der Waals surface area contributed by atoms with Crippen molar-refractivity contribution < 1.29 is 0 Å². The van der Waals surface area contributed by atoms with Gasteiger partial charge in [-0.05, 0) is 94.4 Å². The second-order valence-corrected chi connectivity index (χ2v) is 15.6. The average molecular weight is 717 g/mol. The number of hydrogen-bond acceptors (Lipinski definition) is 1. The summed E-state index contributed by atoms with van der Waals surface area (Å²) in [5.41, 5.74) is 12.1. The van der Waals surface area contributed by atoms with Crippen LogP contribution in [0.2, 0.25) is 0 Å². The van der Waals surface area contributed by atoms with E-state index in [2.05, 4.69) is 203 Å². The monoisotopic (exact) mass is 716 g/mol. The molecule has 0 saturated heterocycles. The predicted octanol–water partition coefficient (Wildman–Crippen LogP) is 14.7. The molecule has 0 unspecified atom stereocenters. The van der Waals surface area contributed by atoms with Crippen LogP contribution in [-0.2, 0) is 0 Å². The van der Waals surface area contributed by atoms with Crippen LogP contribution >= 0.6 is 11.3 Å². The zero-order chi connectivity index (χ0) is 36.0. The topological polar surface area (TPSA) is 9.86 Å². The Morgan fingerprint density at radius 3 is 1.78 bits per heavy atom. The molecule has 12 aromatic rings. The fourth-order valence-electron chi connectivity index (χ4n) is 9.11. The Hall–Kier alpha value is -6.94. The van der Waals surface area contributed by atoms with Crippen LogP contribution in [0.3, 0.4) is 0 Å². The molecule has 0 fully saturated rings. The van der Waals surface area contributed by atoms with Gasteiger partial charge in [0.1, 0.15) is 0 Å². The summed E-state index contributed by atoms with van der Waals surface area (Å²) in [5, 5.41) is 10.1. The Labute approximate surface area is 321 Å². The summed E-state index contributed by atoms with van der Waals surface area (Å²) in [7, 11) is 0. The highest BCUT2D eigenvalue weighted by Crippen LogP contribution is 2.46. The second kappa shape index (κ2) is 11.8. The largest absolute Gasteiger partial charge is 0.309 e. The molecule has 0 amide bonds. The first-order valence-electron chi connectivity index (χ1n) is 18.9. The van der Waals surface area contributed by atoms with E-state index < -0.39 is 0 Å². The Morgan fingerprint density at radius 2 is 0.964 bits per heavy atom. The molecule has 0 spiro atoms. The summed E-state index contributed by atoms with van der Waals surface area (Å²) >= 11 is 1.87. The molecule has 9 aromatic carbocycles. The molecular formula is C52H32N2S. The van der Waals surface area contributed by atoms with E-state index in [9.17, 15) is 0 Å². The van der Waals surface area contributed by atoms with Gasteiger partial charge in [-0.3, -0.25) is 0 Å². The van der Waals surface area contributed by atoms with Crippen LogP contribution in [0.15, 0.2) is 194 Å². The van der Waals surface area contributed by atoms with Gasteiger partial charge in [0.05, 0.1) is 27.8 Å². The summed E-state index contributed by atoms with van der Waals surface area (Å²) < 4.78 is 7.56. The zero-order valence-electron chi connectivity index (χ0n) is 29.8. The number of aromatic nitrogens is 2. The number of benzene rings is 9. The molecule has 0 aliphatic rings.